The molecule has 94 valence electrons. The monoisotopic (exact) mass is 368 g/mol. The zero-order valence-corrected chi connectivity index (χ0v) is 13.1. The molecule has 4 heteroatoms. The molecular weight excluding hydrogens is 356 g/mol. The second-order valence-electron chi connectivity index (χ2n) is 4.18. The maximum absolute atomic E-state index is 5.71. The van der Waals surface area contributed by atoms with Crippen molar-refractivity contribution >= 4 is 31.9 Å². The van der Waals surface area contributed by atoms with Gasteiger partial charge in [0.05, 0.1) is 6.04 Å². The molecule has 0 saturated heterocycles. The summed E-state index contributed by atoms with van der Waals surface area (Å²) in [6.07, 6.45) is 0. The maximum Gasteiger partial charge on any atom is 0.0721 e. The standard InChI is InChI=1S/C14H14Br2N2/c1-9-3-2-4-10(7-9)14(18-17)12-6-5-11(15)8-13(12)16/h2-8,14,18H,17H2,1H3. The summed E-state index contributed by atoms with van der Waals surface area (Å²) in [7, 11) is 0. The topological polar surface area (TPSA) is 38.0 Å². The van der Waals surface area contributed by atoms with Crippen LogP contribution in [0.15, 0.2) is 51.4 Å². The van der Waals surface area contributed by atoms with Crippen LogP contribution in [0.25, 0.3) is 0 Å². The Bertz CT molecular complexity index is 555. The van der Waals surface area contributed by atoms with E-state index < -0.39 is 0 Å². The second-order valence-corrected chi connectivity index (χ2v) is 5.95. The molecule has 18 heavy (non-hydrogen) atoms. The highest BCUT2D eigenvalue weighted by Gasteiger charge is 2.15. The molecular formula is C14H14Br2N2. The third kappa shape index (κ3) is 3.01. The van der Waals surface area contributed by atoms with Crippen molar-refractivity contribution in [3.63, 3.8) is 0 Å². The van der Waals surface area contributed by atoms with Crippen LogP contribution in [0, 0.1) is 6.92 Å². The summed E-state index contributed by atoms with van der Waals surface area (Å²) in [6, 6.07) is 14.4. The number of aryl methyl sites for hydroxylation is 1. The highest BCUT2D eigenvalue weighted by Crippen LogP contribution is 2.30. The van der Waals surface area contributed by atoms with Gasteiger partial charge < -0.3 is 0 Å². The van der Waals surface area contributed by atoms with Crippen molar-refractivity contribution in [3.8, 4) is 0 Å². The highest BCUT2D eigenvalue weighted by atomic mass is 79.9. The van der Waals surface area contributed by atoms with Gasteiger partial charge in [0.15, 0.2) is 0 Å². The minimum atomic E-state index is -0.0209. The fourth-order valence-electron chi connectivity index (χ4n) is 1.95. The average Bonchev–Trinajstić information content (AvgIpc) is 2.33. The molecule has 0 saturated carbocycles. The Kier molecular flexibility index (Phi) is 4.56. The van der Waals surface area contributed by atoms with E-state index in [9.17, 15) is 0 Å². The van der Waals surface area contributed by atoms with Crippen molar-refractivity contribution in [2.24, 2.45) is 5.84 Å². The minimum absolute atomic E-state index is 0.0209. The Labute approximate surface area is 124 Å². The van der Waals surface area contributed by atoms with Gasteiger partial charge in [0.2, 0.25) is 0 Å². The summed E-state index contributed by atoms with van der Waals surface area (Å²) in [5.41, 5.74) is 6.37. The first-order valence-corrected chi connectivity index (χ1v) is 7.18. The van der Waals surface area contributed by atoms with Gasteiger partial charge in [-0.2, -0.15) is 0 Å². The third-order valence-corrected chi connectivity index (χ3v) is 4.00. The normalized spacial score (nSPS) is 12.4. The fraction of sp³-hybridized carbons (Fsp3) is 0.143. The van der Waals surface area contributed by atoms with Crippen LogP contribution in [0.1, 0.15) is 22.7 Å². The van der Waals surface area contributed by atoms with Crippen LogP contribution in [-0.4, -0.2) is 0 Å². The Hall–Kier alpha value is -0.680. The van der Waals surface area contributed by atoms with Crippen LogP contribution in [0.3, 0.4) is 0 Å². The van der Waals surface area contributed by atoms with Gasteiger partial charge in [0, 0.05) is 8.95 Å². The number of hydrazine groups is 1. The molecule has 0 aliphatic rings. The molecule has 1 atom stereocenters. The Morgan fingerprint density at radius 1 is 1.11 bits per heavy atom. The van der Waals surface area contributed by atoms with Gasteiger partial charge in [-0.15, -0.1) is 0 Å². The zero-order valence-electron chi connectivity index (χ0n) is 9.95. The van der Waals surface area contributed by atoms with Gasteiger partial charge in [0.25, 0.3) is 0 Å². The van der Waals surface area contributed by atoms with E-state index in [0.717, 1.165) is 20.1 Å². The summed E-state index contributed by atoms with van der Waals surface area (Å²) >= 11 is 7.03. The number of benzene rings is 2. The van der Waals surface area contributed by atoms with Gasteiger partial charge in [-0.05, 0) is 30.2 Å². The molecule has 3 N–H and O–H groups in total. The predicted molar refractivity (Wildman–Crippen MR) is 82.2 cm³/mol. The molecule has 0 spiro atoms. The largest absolute Gasteiger partial charge is 0.271 e. The lowest BCUT2D eigenvalue weighted by Gasteiger charge is -2.19. The van der Waals surface area contributed by atoms with Gasteiger partial charge >= 0.3 is 0 Å². The minimum Gasteiger partial charge on any atom is -0.271 e. The summed E-state index contributed by atoms with van der Waals surface area (Å²) in [5, 5.41) is 0. The molecule has 1 unspecified atom stereocenters. The lowest BCUT2D eigenvalue weighted by atomic mass is 9.98. The third-order valence-electron chi connectivity index (χ3n) is 2.82. The predicted octanol–water partition coefficient (Wildman–Crippen LogP) is 4.07. The summed E-state index contributed by atoms with van der Waals surface area (Å²) in [4.78, 5) is 0. The van der Waals surface area contributed by atoms with Crippen molar-refractivity contribution in [1.29, 1.82) is 0 Å². The number of nitrogens with two attached hydrogens (primary N) is 1. The van der Waals surface area contributed by atoms with Crippen LogP contribution in [0.2, 0.25) is 0 Å². The molecule has 0 radical (unpaired) electrons. The smallest absolute Gasteiger partial charge is 0.0721 e. The molecule has 0 fully saturated rings. The van der Waals surface area contributed by atoms with Crippen molar-refractivity contribution in [2.45, 2.75) is 13.0 Å². The molecule has 0 aliphatic heterocycles. The summed E-state index contributed by atoms with van der Waals surface area (Å²) in [6.45, 7) is 2.08. The molecule has 2 aromatic carbocycles. The van der Waals surface area contributed by atoms with E-state index in [2.05, 4.69) is 68.5 Å². The Morgan fingerprint density at radius 2 is 1.89 bits per heavy atom. The van der Waals surface area contributed by atoms with E-state index in [1.807, 2.05) is 18.2 Å². The van der Waals surface area contributed by atoms with Crippen LogP contribution >= 0.6 is 31.9 Å². The van der Waals surface area contributed by atoms with Crippen LogP contribution < -0.4 is 11.3 Å². The van der Waals surface area contributed by atoms with E-state index in [1.165, 1.54) is 5.56 Å². The van der Waals surface area contributed by atoms with Crippen LogP contribution in [0.4, 0.5) is 0 Å². The van der Waals surface area contributed by atoms with Gasteiger partial charge in [-0.25, -0.2) is 5.43 Å². The summed E-state index contributed by atoms with van der Waals surface area (Å²) in [5.74, 6) is 5.71. The van der Waals surface area contributed by atoms with Crippen LogP contribution in [-0.2, 0) is 0 Å². The van der Waals surface area contributed by atoms with Crippen LogP contribution in [0.5, 0.6) is 0 Å². The van der Waals surface area contributed by atoms with E-state index in [1.54, 1.807) is 0 Å². The van der Waals surface area contributed by atoms with E-state index in [4.69, 9.17) is 5.84 Å². The van der Waals surface area contributed by atoms with E-state index in [-0.39, 0.29) is 6.04 Å². The number of hydrogen-bond donors (Lipinski definition) is 2. The van der Waals surface area contributed by atoms with Gasteiger partial charge in [-0.3, -0.25) is 5.84 Å². The molecule has 0 bridgehead atoms. The first-order valence-electron chi connectivity index (χ1n) is 5.59. The van der Waals surface area contributed by atoms with Gasteiger partial charge in [-0.1, -0.05) is 67.8 Å². The molecule has 2 aromatic rings. The average molecular weight is 370 g/mol. The first kappa shape index (κ1) is 13.7. The number of halogens is 2. The molecule has 0 heterocycles. The van der Waals surface area contributed by atoms with Crippen molar-refractivity contribution in [2.75, 3.05) is 0 Å². The lowest BCUT2D eigenvalue weighted by molar-refractivity contribution is 0.634. The number of nitrogens with one attached hydrogen (secondary N) is 1. The molecule has 0 aromatic heterocycles. The van der Waals surface area contributed by atoms with Crippen molar-refractivity contribution in [3.05, 3.63) is 68.1 Å². The molecule has 2 nitrogen and oxygen atoms in total. The number of hydrogen-bond acceptors (Lipinski definition) is 2. The lowest BCUT2D eigenvalue weighted by Crippen LogP contribution is -2.29. The molecule has 0 amide bonds. The quantitative estimate of drug-likeness (QED) is 0.632. The zero-order chi connectivity index (χ0) is 13.1. The SMILES string of the molecule is Cc1cccc(C(NN)c2ccc(Br)cc2Br)c1. The highest BCUT2D eigenvalue weighted by molar-refractivity contribution is 9.11. The molecule has 2 rings (SSSR count). The van der Waals surface area contributed by atoms with E-state index >= 15 is 0 Å². The Morgan fingerprint density at radius 3 is 2.50 bits per heavy atom. The molecule has 0 aliphatic carbocycles. The second kappa shape index (κ2) is 5.97. The van der Waals surface area contributed by atoms with E-state index in [0.29, 0.717) is 0 Å². The van der Waals surface area contributed by atoms with Crippen molar-refractivity contribution in [1.82, 2.24) is 5.43 Å². The fourth-order valence-corrected chi connectivity index (χ4v) is 3.23. The van der Waals surface area contributed by atoms with Crippen molar-refractivity contribution < 1.29 is 0 Å². The Balaban J connectivity index is 2.45. The maximum atomic E-state index is 5.71. The number of rotatable bonds is 3. The first-order chi connectivity index (χ1) is 8.61. The van der Waals surface area contributed by atoms with Gasteiger partial charge in [0.1, 0.15) is 0 Å². The summed E-state index contributed by atoms with van der Waals surface area (Å²) < 4.78 is 2.07.